The molecule has 0 aliphatic heterocycles. The number of rotatable bonds is 3. The fourth-order valence-corrected chi connectivity index (χ4v) is 2.48. The molecule has 0 aliphatic rings. The van der Waals surface area contributed by atoms with Crippen LogP contribution in [-0.2, 0) is 11.2 Å². The van der Waals surface area contributed by atoms with Crippen molar-refractivity contribution in [1.29, 1.82) is 0 Å². The van der Waals surface area contributed by atoms with Gasteiger partial charge in [0.05, 0.1) is 0 Å². The van der Waals surface area contributed by atoms with Crippen molar-refractivity contribution in [1.82, 2.24) is 0 Å². The van der Waals surface area contributed by atoms with Gasteiger partial charge in [-0.3, -0.25) is 4.79 Å². The predicted molar refractivity (Wildman–Crippen MR) is 61.0 cm³/mol. The van der Waals surface area contributed by atoms with Gasteiger partial charge in [0.1, 0.15) is 0 Å². The van der Waals surface area contributed by atoms with Crippen LogP contribution >= 0.6 is 43.5 Å². The highest BCUT2D eigenvalue weighted by atomic mass is 79.9. The van der Waals surface area contributed by atoms with E-state index in [0.717, 1.165) is 14.5 Å². The van der Waals surface area contributed by atoms with Crippen molar-refractivity contribution in [3.63, 3.8) is 0 Å². The van der Waals surface area contributed by atoms with Gasteiger partial charge in [0, 0.05) is 15.4 Å². The Morgan fingerprint density at radius 3 is 2.23 bits per heavy atom. The number of aryl methyl sites for hydroxylation is 1. The van der Waals surface area contributed by atoms with Crippen LogP contribution < -0.4 is 0 Å². The Kier molecular flexibility index (Phi) is 4.42. The lowest BCUT2D eigenvalue weighted by Gasteiger charge is -2.00. The van der Waals surface area contributed by atoms with E-state index in [9.17, 15) is 4.79 Å². The van der Waals surface area contributed by atoms with Gasteiger partial charge in [0.25, 0.3) is 0 Å². The molecule has 0 saturated heterocycles. The largest absolute Gasteiger partial charge is 0.281 e. The van der Waals surface area contributed by atoms with Crippen molar-refractivity contribution in [2.75, 3.05) is 0 Å². The quantitative estimate of drug-likeness (QED) is 0.770. The highest BCUT2D eigenvalue weighted by Crippen LogP contribution is 2.21. The Morgan fingerprint density at radius 2 is 1.77 bits per heavy atom. The Bertz CT molecular complexity index is 305. The van der Waals surface area contributed by atoms with Gasteiger partial charge in [0.15, 0.2) is 0 Å². The third-order valence-electron chi connectivity index (χ3n) is 1.53. The lowest BCUT2D eigenvalue weighted by atomic mass is 10.1. The normalized spacial score (nSPS) is 10.1. The lowest BCUT2D eigenvalue weighted by Crippen LogP contribution is -1.91. The first-order valence-electron chi connectivity index (χ1n) is 3.71. The third-order valence-corrected chi connectivity index (χ3v) is 2.64. The summed E-state index contributed by atoms with van der Waals surface area (Å²) in [6.45, 7) is 0. The molecule has 0 saturated carbocycles. The van der Waals surface area contributed by atoms with Crippen molar-refractivity contribution in [2.24, 2.45) is 0 Å². The standard InChI is InChI=1S/C9H7Br2ClO/c10-7-3-6(1-2-9(12)13)4-8(11)5-7/h3-5H,1-2H2. The highest BCUT2D eigenvalue weighted by molar-refractivity contribution is 9.11. The number of hydrogen-bond acceptors (Lipinski definition) is 1. The first kappa shape index (κ1) is 11.2. The van der Waals surface area contributed by atoms with Crippen molar-refractivity contribution in [3.05, 3.63) is 32.7 Å². The molecular weight excluding hydrogens is 319 g/mol. The maximum Gasteiger partial charge on any atom is 0.221 e. The summed E-state index contributed by atoms with van der Waals surface area (Å²) in [6.07, 6.45) is 1.06. The van der Waals surface area contributed by atoms with E-state index in [1.54, 1.807) is 0 Å². The van der Waals surface area contributed by atoms with Gasteiger partial charge >= 0.3 is 0 Å². The minimum Gasteiger partial charge on any atom is -0.281 e. The Labute approximate surface area is 98.7 Å². The number of hydrogen-bond donors (Lipinski definition) is 0. The summed E-state index contributed by atoms with van der Waals surface area (Å²) in [4.78, 5) is 10.5. The zero-order chi connectivity index (χ0) is 9.84. The molecule has 0 fully saturated rings. The first-order chi connectivity index (χ1) is 6.08. The zero-order valence-corrected chi connectivity index (χ0v) is 10.6. The van der Waals surface area contributed by atoms with E-state index in [1.165, 1.54) is 0 Å². The Hall–Kier alpha value is 0.140. The van der Waals surface area contributed by atoms with E-state index >= 15 is 0 Å². The smallest absolute Gasteiger partial charge is 0.221 e. The van der Waals surface area contributed by atoms with Gasteiger partial charge in [-0.25, -0.2) is 0 Å². The second-order valence-electron chi connectivity index (χ2n) is 2.63. The SMILES string of the molecule is O=C(Cl)CCc1cc(Br)cc(Br)c1. The van der Waals surface area contributed by atoms with Gasteiger partial charge in [-0.1, -0.05) is 31.9 Å². The molecule has 0 aliphatic carbocycles. The number of carbonyl (C=O) groups is 1. The molecule has 70 valence electrons. The molecule has 0 bridgehead atoms. The van der Waals surface area contributed by atoms with Crippen LogP contribution in [0.1, 0.15) is 12.0 Å². The molecule has 0 amide bonds. The molecule has 0 spiro atoms. The van der Waals surface area contributed by atoms with E-state index in [2.05, 4.69) is 31.9 Å². The van der Waals surface area contributed by atoms with Crippen molar-refractivity contribution >= 4 is 48.7 Å². The summed E-state index contributed by atoms with van der Waals surface area (Å²) in [5, 5.41) is -0.295. The summed E-state index contributed by atoms with van der Waals surface area (Å²) in [5.41, 5.74) is 1.09. The monoisotopic (exact) mass is 324 g/mol. The molecule has 4 heteroatoms. The second kappa shape index (κ2) is 5.13. The average Bonchev–Trinajstić information content (AvgIpc) is 1.99. The molecule has 0 atom stereocenters. The molecule has 1 aromatic rings. The van der Waals surface area contributed by atoms with E-state index in [1.807, 2.05) is 18.2 Å². The van der Waals surface area contributed by atoms with Gasteiger partial charge in [-0.15, -0.1) is 0 Å². The summed E-state index contributed by atoms with van der Waals surface area (Å²) < 4.78 is 2.00. The Morgan fingerprint density at radius 1 is 1.23 bits per heavy atom. The number of benzene rings is 1. The summed E-state index contributed by atoms with van der Waals surface area (Å²) >= 11 is 12.0. The first-order valence-corrected chi connectivity index (χ1v) is 5.67. The topological polar surface area (TPSA) is 17.1 Å². The number of carbonyl (C=O) groups excluding carboxylic acids is 1. The molecule has 0 N–H and O–H groups in total. The van der Waals surface area contributed by atoms with Crippen LogP contribution in [0.3, 0.4) is 0 Å². The van der Waals surface area contributed by atoms with Crippen LogP contribution in [0.2, 0.25) is 0 Å². The maximum atomic E-state index is 10.5. The van der Waals surface area contributed by atoms with Gasteiger partial charge in [-0.2, -0.15) is 0 Å². The minimum absolute atomic E-state index is 0.295. The molecule has 1 rings (SSSR count). The van der Waals surface area contributed by atoms with Gasteiger partial charge in [0.2, 0.25) is 5.24 Å². The van der Waals surface area contributed by atoms with Crippen LogP contribution in [0.25, 0.3) is 0 Å². The minimum atomic E-state index is -0.295. The van der Waals surface area contributed by atoms with E-state index in [-0.39, 0.29) is 5.24 Å². The molecular formula is C9H7Br2ClO. The molecule has 0 unspecified atom stereocenters. The van der Waals surface area contributed by atoms with Crippen LogP contribution in [0.5, 0.6) is 0 Å². The third kappa shape index (κ3) is 4.25. The van der Waals surface area contributed by atoms with Gasteiger partial charge in [-0.05, 0) is 41.8 Å². The van der Waals surface area contributed by atoms with Gasteiger partial charge < -0.3 is 0 Å². The average molecular weight is 326 g/mol. The molecule has 0 radical (unpaired) electrons. The molecule has 1 aromatic carbocycles. The van der Waals surface area contributed by atoms with Crippen LogP contribution in [-0.4, -0.2) is 5.24 Å². The fourth-order valence-electron chi connectivity index (χ4n) is 0.998. The molecule has 0 aromatic heterocycles. The van der Waals surface area contributed by atoms with Crippen LogP contribution in [0.15, 0.2) is 27.1 Å². The van der Waals surface area contributed by atoms with Crippen molar-refractivity contribution < 1.29 is 4.79 Å². The van der Waals surface area contributed by atoms with Crippen molar-refractivity contribution in [2.45, 2.75) is 12.8 Å². The van der Waals surface area contributed by atoms with Crippen LogP contribution in [0, 0.1) is 0 Å². The number of halogens is 3. The fraction of sp³-hybridized carbons (Fsp3) is 0.222. The summed E-state index contributed by atoms with van der Waals surface area (Å²) in [5.74, 6) is 0. The maximum absolute atomic E-state index is 10.5. The van der Waals surface area contributed by atoms with E-state index in [4.69, 9.17) is 11.6 Å². The Balaban J connectivity index is 2.71. The zero-order valence-electron chi connectivity index (χ0n) is 6.69. The molecule has 13 heavy (non-hydrogen) atoms. The van der Waals surface area contributed by atoms with E-state index in [0.29, 0.717) is 12.8 Å². The predicted octanol–water partition coefficient (Wildman–Crippen LogP) is 3.91. The molecule has 1 nitrogen and oxygen atoms in total. The summed E-state index contributed by atoms with van der Waals surface area (Å²) in [7, 11) is 0. The highest BCUT2D eigenvalue weighted by Gasteiger charge is 2.00. The molecule has 0 heterocycles. The van der Waals surface area contributed by atoms with E-state index < -0.39 is 0 Å². The lowest BCUT2D eigenvalue weighted by molar-refractivity contribution is -0.111. The van der Waals surface area contributed by atoms with Crippen LogP contribution in [0.4, 0.5) is 0 Å². The van der Waals surface area contributed by atoms with Crippen molar-refractivity contribution in [3.8, 4) is 0 Å². The second-order valence-corrected chi connectivity index (χ2v) is 4.89. The summed E-state index contributed by atoms with van der Waals surface area (Å²) in [6, 6.07) is 5.90.